The van der Waals surface area contributed by atoms with Crippen molar-refractivity contribution in [1.29, 1.82) is 0 Å². The number of hydrogen-bond donors (Lipinski definition) is 1. The molecule has 0 aliphatic rings. The maximum atomic E-state index is 11.9. The molecule has 3 rings (SSSR count). The molecular formula is C19H22N4O2S. The van der Waals surface area contributed by atoms with E-state index in [0.29, 0.717) is 24.6 Å². The van der Waals surface area contributed by atoms with Crippen LogP contribution < -0.4 is 10.1 Å². The van der Waals surface area contributed by atoms with Gasteiger partial charge in [-0.05, 0) is 29.7 Å². The summed E-state index contributed by atoms with van der Waals surface area (Å²) in [4.78, 5) is 16.4. The number of amides is 1. The van der Waals surface area contributed by atoms with Gasteiger partial charge in [0, 0.05) is 30.7 Å². The number of carbonyl (C=O) groups is 1. The van der Waals surface area contributed by atoms with Crippen molar-refractivity contribution in [2.24, 2.45) is 0 Å². The SMILES string of the molecule is CC(C)c1ccc(OCC(=O)NCCc2csc(-n3cccn3)n2)cc1. The van der Waals surface area contributed by atoms with E-state index in [0.717, 1.165) is 10.8 Å². The summed E-state index contributed by atoms with van der Waals surface area (Å²) in [6.07, 6.45) is 4.25. The van der Waals surface area contributed by atoms with E-state index < -0.39 is 0 Å². The third-order valence-corrected chi connectivity index (χ3v) is 4.74. The van der Waals surface area contributed by atoms with Gasteiger partial charge in [0.05, 0.1) is 5.69 Å². The van der Waals surface area contributed by atoms with Crippen molar-refractivity contribution >= 4 is 17.2 Å². The molecule has 1 aromatic carbocycles. The molecule has 3 aromatic rings. The van der Waals surface area contributed by atoms with Gasteiger partial charge in [0.15, 0.2) is 6.61 Å². The van der Waals surface area contributed by atoms with Crippen LogP contribution in [0, 0.1) is 0 Å². The van der Waals surface area contributed by atoms with Crippen LogP contribution in [0.25, 0.3) is 5.13 Å². The Morgan fingerprint density at radius 3 is 2.81 bits per heavy atom. The van der Waals surface area contributed by atoms with Gasteiger partial charge in [-0.1, -0.05) is 26.0 Å². The van der Waals surface area contributed by atoms with Crippen LogP contribution in [-0.4, -0.2) is 33.8 Å². The average molecular weight is 370 g/mol. The van der Waals surface area contributed by atoms with E-state index in [-0.39, 0.29) is 12.5 Å². The number of nitrogens with zero attached hydrogens (tertiary/aromatic N) is 3. The van der Waals surface area contributed by atoms with E-state index in [1.807, 2.05) is 41.9 Å². The van der Waals surface area contributed by atoms with Gasteiger partial charge in [-0.25, -0.2) is 9.67 Å². The number of aromatic nitrogens is 3. The summed E-state index contributed by atoms with van der Waals surface area (Å²) >= 11 is 1.53. The van der Waals surface area contributed by atoms with Crippen LogP contribution in [0.1, 0.15) is 31.0 Å². The molecule has 0 fully saturated rings. The molecule has 0 aliphatic heterocycles. The summed E-state index contributed by atoms with van der Waals surface area (Å²) in [7, 11) is 0. The molecule has 1 amide bonds. The van der Waals surface area contributed by atoms with E-state index >= 15 is 0 Å². The molecular weight excluding hydrogens is 348 g/mol. The number of nitrogens with one attached hydrogen (secondary N) is 1. The lowest BCUT2D eigenvalue weighted by Crippen LogP contribution is -2.30. The minimum Gasteiger partial charge on any atom is -0.484 e. The summed E-state index contributed by atoms with van der Waals surface area (Å²) in [5.41, 5.74) is 2.19. The zero-order valence-corrected chi connectivity index (χ0v) is 15.7. The first-order chi connectivity index (χ1) is 12.6. The highest BCUT2D eigenvalue weighted by Crippen LogP contribution is 2.18. The highest BCUT2D eigenvalue weighted by Gasteiger charge is 2.06. The first-order valence-corrected chi connectivity index (χ1v) is 9.43. The van der Waals surface area contributed by atoms with Crippen molar-refractivity contribution in [1.82, 2.24) is 20.1 Å². The first kappa shape index (κ1) is 18.1. The van der Waals surface area contributed by atoms with Gasteiger partial charge in [0.25, 0.3) is 5.91 Å². The fourth-order valence-electron chi connectivity index (χ4n) is 2.38. The van der Waals surface area contributed by atoms with Crippen molar-refractivity contribution in [2.45, 2.75) is 26.2 Å². The molecule has 0 unspecified atom stereocenters. The van der Waals surface area contributed by atoms with Gasteiger partial charge in [0.2, 0.25) is 5.13 Å². The minimum atomic E-state index is -0.138. The Labute approximate surface area is 156 Å². The molecule has 2 heterocycles. The molecule has 0 spiro atoms. The molecule has 2 aromatic heterocycles. The number of carbonyl (C=O) groups excluding carboxylic acids is 1. The number of benzene rings is 1. The lowest BCUT2D eigenvalue weighted by Gasteiger charge is -2.09. The highest BCUT2D eigenvalue weighted by atomic mass is 32.1. The van der Waals surface area contributed by atoms with Crippen LogP contribution in [0.2, 0.25) is 0 Å². The summed E-state index contributed by atoms with van der Waals surface area (Å²) in [5.74, 6) is 1.04. The predicted octanol–water partition coefficient (Wildman–Crippen LogP) is 3.19. The molecule has 26 heavy (non-hydrogen) atoms. The quantitative estimate of drug-likeness (QED) is 0.661. The van der Waals surface area contributed by atoms with Crippen molar-refractivity contribution < 1.29 is 9.53 Å². The molecule has 0 bridgehead atoms. The molecule has 136 valence electrons. The maximum Gasteiger partial charge on any atom is 0.257 e. The molecule has 0 radical (unpaired) electrons. The van der Waals surface area contributed by atoms with E-state index in [4.69, 9.17) is 4.74 Å². The molecule has 0 saturated carbocycles. The average Bonchev–Trinajstić information content (AvgIpc) is 3.32. The number of ether oxygens (including phenoxy) is 1. The molecule has 0 aliphatic carbocycles. The summed E-state index contributed by atoms with van der Waals surface area (Å²) < 4.78 is 7.25. The summed E-state index contributed by atoms with van der Waals surface area (Å²) in [5, 5.41) is 9.81. The lowest BCUT2D eigenvalue weighted by atomic mass is 10.0. The predicted molar refractivity (Wildman–Crippen MR) is 102 cm³/mol. The summed E-state index contributed by atoms with van der Waals surface area (Å²) in [6.45, 7) is 4.82. The van der Waals surface area contributed by atoms with Gasteiger partial charge < -0.3 is 10.1 Å². The fraction of sp³-hybridized carbons (Fsp3) is 0.316. The van der Waals surface area contributed by atoms with Crippen LogP contribution >= 0.6 is 11.3 Å². The third kappa shape index (κ3) is 4.92. The number of rotatable bonds is 8. The molecule has 6 nitrogen and oxygen atoms in total. The highest BCUT2D eigenvalue weighted by molar-refractivity contribution is 7.12. The first-order valence-electron chi connectivity index (χ1n) is 8.55. The summed E-state index contributed by atoms with van der Waals surface area (Å²) in [6, 6.07) is 9.70. The van der Waals surface area contributed by atoms with Crippen molar-refractivity contribution in [3.63, 3.8) is 0 Å². The van der Waals surface area contributed by atoms with Gasteiger partial charge in [0.1, 0.15) is 5.75 Å². The topological polar surface area (TPSA) is 69.0 Å². The second-order valence-corrected chi connectivity index (χ2v) is 7.02. The zero-order chi connectivity index (χ0) is 18.4. The van der Waals surface area contributed by atoms with E-state index in [9.17, 15) is 4.79 Å². The monoisotopic (exact) mass is 370 g/mol. The van der Waals surface area contributed by atoms with E-state index in [1.54, 1.807) is 10.9 Å². The van der Waals surface area contributed by atoms with Crippen LogP contribution in [0.4, 0.5) is 0 Å². The van der Waals surface area contributed by atoms with Crippen LogP contribution in [0.5, 0.6) is 5.75 Å². The van der Waals surface area contributed by atoms with Crippen molar-refractivity contribution in [3.8, 4) is 10.9 Å². The lowest BCUT2D eigenvalue weighted by molar-refractivity contribution is -0.123. The van der Waals surface area contributed by atoms with E-state index in [2.05, 4.69) is 29.2 Å². The Bertz CT molecular complexity index is 826. The largest absolute Gasteiger partial charge is 0.484 e. The van der Waals surface area contributed by atoms with Crippen molar-refractivity contribution in [2.75, 3.05) is 13.2 Å². The third-order valence-electron chi connectivity index (χ3n) is 3.86. The van der Waals surface area contributed by atoms with Gasteiger partial charge in [-0.2, -0.15) is 5.10 Å². The fourth-order valence-corrected chi connectivity index (χ4v) is 3.18. The Balaban J connectivity index is 1.39. The number of hydrogen-bond acceptors (Lipinski definition) is 5. The maximum absolute atomic E-state index is 11.9. The van der Waals surface area contributed by atoms with Crippen LogP contribution in [-0.2, 0) is 11.2 Å². The van der Waals surface area contributed by atoms with Crippen LogP contribution in [0.3, 0.4) is 0 Å². The molecule has 1 N–H and O–H groups in total. The standard InChI is InChI=1S/C19H22N4O2S/c1-14(2)15-4-6-17(7-5-15)25-12-18(24)20-10-8-16-13-26-19(22-16)23-11-3-9-21-23/h3-7,9,11,13-14H,8,10,12H2,1-2H3,(H,20,24). The Morgan fingerprint density at radius 2 is 2.12 bits per heavy atom. The number of thiazole rings is 1. The van der Waals surface area contributed by atoms with Crippen molar-refractivity contribution in [3.05, 3.63) is 59.4 Å². The second kappa shape index (κ2) is 8.62. The Morgan fingerprint density at radius 1 is 1.31 bits per heavy atom. The van der Waals surface area contributed by atoms with Crippen LogP contribution in [0.15, 0.2) is 48.1 Å². The second-order valence-electron chi connectivity index (χ2n) is 6.18. The van der Waals surface area contributed by atoms with Gasteiger partial charge in [-0.3, -0.25) is 4.79 Å². The smallest absolute Gasteiger partial charge is 0.257 e. The Kier molecular flexibility index (Phi) is 6.01. The molecule has 0 saturated heterocycles. The van der Waals surface area contributed by atoms with Gasteiger partial charge >= 0.3 is 0 Å². The zero-order valence-electron chi connectivity index (χ0n) is 14.9. The minimum absolute atomic E-state index is 0.0105. The van der Waals surface area contributed by atoms with E-state index in [1.165, 1.54) is 16.9 Å². The molecule has 7 heteroatoms. The van der Waals surface area contributed by atoms with Gasteiger partial charge in [-0.15, -0.1) is 11.3 Å². The Hall–Kier alpha value is -2.67. The molecule has 0 atom stereocenters. The normalized spacial score (nSPS) is 10.9.